The van der Waals surface area contributed by atoms with E-state index in [2.05, 4.69) is 9.98 Å². The zero-order valence-electron chi connectivity index (χ0n) is 11.1. The van der Waals surface area contributed by atoms with Crippen LogP contribution in [0.4, 0.5) is 0 Å². The summed E-state index contributed by atoms with van der Waals surface area (Å²) >= 11 is 0. The molecule has 1 amide bonds. The first-order valence-electron chi connectivity index (χ1n) is 6.61. The Kier molecular flexibility index (Phi) is 5.13. The van der Waals surface area contributed by atoms with Crippen LogP contribution in [-0.4, -0.2) is 77.1 Å². The number of hydrogen-bond donors (Lipinski definition) is 3. The number of allylic oxidation sites excluding steroid dienone is 1. The first-order chi connectivity index (χ1) is 9.71. The summed E-state index contributed by atoms with van der Waals surface area (Å²) in [7, 11) is 0. The van der Waals surface area contributed by atoms with Crippen molar-refractivity contribution in [3.05, 3.63) is 11.6 Å². The Balaban J connectivity index is 2.09. The van der Waals surface area contributed by atoms with E-state index in [1.54, 1.807) is 4.90 Å². The topological polar surface area (TPSA) is 106 Å². The molecule has 1 aliphatic heterocycles. The summed E-state index contributed by atoms with van der Waals surface area (Å²) in [5, 5.41) is 27.6. The van der Waals surface area contributed by atoms with Crippen LogP contribution in [0, 0.1) is 5.92 Å². The molecule has 2 aliphatic rings. The molecule has 1 unspecified atom stereocenters. The number of carbonyl (C=O) groups excluding carboxylic acids is 1. The number of nitrogens with zero attached hydrogens (tertiary/aromatic N) is 3. The van der Waals surface area contributed by atoms with Gasteiger partial charge in [-0.05, 0) is 12.0 Å². The summed E-state index contributed by atoms with van der Waals surface area (Å²) in [6.07, 6.45) is 3.78. The molecule has 0 aromatic rings. The highest BCUT2D eigenvalue weighted by molar-refractivity contribution is 6.20. The number of rotatable bonds is 7. The smallest absolute Gasteiger partial charge is 0.256 e. The molecule has 1 heterocycles. The molecule has 20 heavy (non-hydrogen) atoms. The maximum absolute atomic E-state index is 11.6. The molecule has 3 N–H and O–H groups in total. The second-order valence-electron chi connectivity index (χ2n) is 4.83. The van der Waals surface area contributed by atoms with Gasteiger partial charge in [-0.3, -0.25) is 9.69 Å². The van der Waals surface area contributed by atoms with Crippen LogP contribution in [0.1, 0.15) is 6.42 Å². The highest BCUT2D eigenvalue weighted by atomic mass is 16.3. The van der Waals surface area contributed by atoms with Gasteiger partial charge in [0.2, 0.25) is 0 Å². The minimum atomic E-state index is -0.435. The van der Waals surface area contributed by atoms with E-state index in [1.165, 1.54) is 6.34 Å². The lowest BCUT2D eigenvalue weighted by molar-refractivity contribution is -0.119. The van der Waals surface area contributed by atoms with Crippen LogP contribution in [0.3, 0.4) is 0 Å². The lowest BCUT2D eigenvalue weighted by atomic mass is 10.0. The second-order valence-corrected chi connectivity index (χ2v) is 4.83. The molecule has 110 valence electrons. The van der Waals surface area contributed by atoms with Gasteiger partial charge >= 0.3 is 0 Å². The van der Waals surface area contributed by atoms with Crippen molar-refractivity contribution in [3.63, 3.8) is 0 Å². The van der Waals surface area contributed by atoms with Gasteiger partial charge in [-0.1, -0.05) is 6.08 Å². The fourth-order valence-corrected chi connectivity index (χ4v) is 2.50. The molecule has 0 saturated carbocycles. The zero-order chi connectivity index (χ0) is 14.5. The molecule has 2 rings (SSSR count). The van der Waals surface area contributed by atoms with Gasteiger partial charge in [0, 0.05) is 13.1 Å². The van der Waals surface area contributed by atoms with E-state index >= 15 is 0 Å². The van der Waals surface area contributed by atoms with E-state index in [1.807, 2.05) is 6.08 Å². The lowest BCUT2D eigenvalue weighted by Gasteiger charge is -2.29. The Labute approximate surface area is 117 Å². The fraction of sp³-hybridized carbons (Fsp3) is 0.615. The predicted octanol–water partition coefficient (Wildman–Crippen LogP) is -1.41. The molecular weight excluding hydrogens is 262 g/mol. The monoisotopic (exact) mass is 281 g/mol. The summed E-state index contributed by atoms with van der Waals surface area (Å²) in [4.78, 5) is 21.3. The van der Waals surface area contributed by atoms with Gasteiger partial charge in [-0.25, -0.2) is 9.98 Å². The number of aliphatic hydroxyl groups is 3. The van der Waals surface area contributed by atoms with Gasteiger partial charge in [-0.15, -0.1) is 0 Å². The highest BCUT2D eigenvalue weighted by Gasteiger charge is 2.33. The first-order valence-corrected chi connectivity index (χ1v) is 6.61. The van der Waals surface area contributed by atoms with E-state index in [0.717, 1.165) is 5.57 Å². The van der Waals surface area contributed by atoms with Gasteiger partial charge in [0.25, 0.3) is 5.91 Å². The van der Waals surface area contributed by atoms with Crippen LogP contribution in [-0.2, 0) is 4.79 Å². The molecule has 0 spiro atoms. The predicted molar refractivity (Wildman–Crippen MR) is 73.7 cm³/mol. The Hall–Kier alpha value is -1.41. The second kappa shape index (κ2) is 6.85. The van der Waals surface area contributed by atoms with Gasteiger partial charge in [0.05, 0.1) is 37.5 Å². The molecule has 0 bridgehead atoms. The van der Waals surface area contributed by atoms with Crippen molar-refractivity contribution >= 4 is 18.0 Å². The summed E-state index contributed by atoms with van der Waals surface area (Å²) in [5.74, 6) is -0.483. The number of aliphatic hydroxyl groups excluding tert-OH is 3. The highest BCUT2D eigenvalue weighted by Crippen LogP contribution is 2.26. The molecule has 0 fully saturated rings. The number of carbonyl (C=O) groups is 1. The Bertz CT molecular complexity index is 455. The summed E-state index contributed by atoms with van der Waals surface area (Å²) in [5.41, 5.74) is 1.61. The van der Waals surface area contributed by atoms with Crippen molar-refractivity contribution in [2.24, 2.45) is 15.9 Å². The number of aliphatic imine (C=N–C) groups is 2. The molecule has 0 aromatic carbocycles. The number of amides is 1. The molecule has 1 atom stereocenters. The standard InChI is InChI=1S/C13H19N3O4/c17-4-3-16(10(6-18)7-19)5-9-1-2-11-12(9)14-8-15-13(11)20/h1,8,10-11,17-19H,2-7H2. The van der Waals surface area contributed by atoms with E-state index < -0.39 is 6.04 Å². The quantitative estimate of drug-likeness (QED) is 0.531. The average molecular weight is 281 g/mol. The van der Waals surface area contributed by atoms with E-state index in [9.17, 15) is 15.0 Å². The summed E-state index contributed by atoms with van der Waals surface area (Å²) in [6.45, 7) is 0.312. The van der Waals surface area contributed by atoms with Crippen molar-refractivity contribution < 1.29 is 20.1 Å². The van der Waals surface area contributed by atoms with Crippen molar-refractivity contribution in [2.45, 2.75) is 12.5 Å². The Morgan fingerprint density at radius 3 is 2.75 bits per heavy atom. The largest absolute Gasteiger partial charge is 0.395 e. The zero-order valence-corrected chi connectivity index (χ0v) is 11.1. The molecule has 7 heteroatoms. The molecule has 1 aliphatic carbocycles. The Morgan fingerprint density at radius 1 is 1.35 bits per heavy atom. The number of fused-ring (bicyclic) bond motifs is 1. The van der Waals surface area contributed by atoms with E-state index in [-0.39, 0.29) is 31.6 Å². The van der Waals surface area contributed by atoms with Crippen molar-refractivity contribution in [2.75, 3.05) is 32.9 Å². The lowest BCUT2D eigenvalue weighted by Crippen LogP contribution is -2.44. The summed E-state index contributed by atoms with van der Waals surface area (Å²) in [6, 6.07) is -0.435. The van der Waals surface area contributed by atoms with Crippen LogP contribution < -0.4 is 0 Å². The fourth-order valence-electron chi connectivity index (χ4n) is 2.50. The third-order valence-corrected chi connectivity index (χ3v) is 3.64. The minimum Gasteiger partial charge on any atom is -0.395 e. The van der Waals surface area contributed by atoms with Crippen molar-refractivity contribution in [3.8, 4) is 0 Å². The average Bonchev–Trinajstić information content (AvgIpc) is 2.85. The minimum absolute atomic E-state index is 0.0694. The van der Waals surface area contributed by atoms with Crippen LogP contribution in [0.25, 0.3) is 0 Å². The normalized spacial score (nSPS) is 21.4. The van der Waals surface area contributed by atoms with Crippen molar-refractivity contribution in [1.29, 1.82) is 0 Å². The molecule has 0 saturated heterocycles. The maximum atomic E-state index is 11.6. The van der Waals surface area contributed by atoms with Gasteiger partial charge < -0.3 is 15.3 Å². The van der Waals surface area contributed by atoms with Gasteiger partial charge in [-0.2, -0.15) is 0 Å². The van der Waals surface area contributed by atoms with E-state index in [4.69, 9.17) is 5.11 Å². The Morgan fingerprint density at radius 2 is 2.10 bits per heavy atom. The first kappa shape index (κ1) is 15.0. The molecule has 0 radical (unpaired) electrons. The molecule has 7 nitrogen and oxygen atoms in total. The van der Waals surface area contributed by atoms with Crippen LogP contribution in [0.15, 0.2) is 21.6 Å². The summed E-state index contributed by atoms with van der Waals surface area (Å²) < 4.78 is 0. The maximum Gasteiger partial charge on any atom is 0.256 e. The van der Waals surface area contributed by atoms with Crippen LogP contribution in [0.5, 0.6) is 0 Å². The SMILES string of the molecule is O=C1N=CN=C2C(CN(CCO)C(CO)CO)=CCC12. The van der Waals surface area contributed by atoms with Crippen LogP contribution >= 0.6 is 0 Å². The van der Waals surface area contributed by atoms with E-state index in [0.29, 0.717) is 25.2 Å². The van der Waals surface area contributed by atoms with Crippen molar-refractivity contribution in [1.82, 2.24) is 4.90 Å². The number of hydrogen-bond acceptors (Lipinski definition) is 6. The van der Waals surface area contributed by atoms with Crippen LogP contribution in [0.2, 0.25) is 0 Å². The van der Waals surface area contributed by atoms with Gasteiger partial charge in [0.15, 0.2) is 0 Å². The third-order valence-electron chi connectivity index (χ3n) is 3.64. The third kappa shape index (κ3) is 3.01. The molecular formula is C13H19N3O4. The van der Waals surface area contributed by atoms with Gasteiger partial charge in [0.1, 0.15) is 6.34 Å². The molecule has 0 aromatic heterocycles.